The van der Waals surface area contributed by atoms with Gasteiger partial charge < -0.3 is 15.0 Å². The molecule has 5 aromatic rings. The van der Waals surface area contributed by atoms with Crippen LogP contribution in [0.5, 0.6) is 0 Å². The molecule has 10 heteroatoms. The van der Waals surface area contributed by atoms with Gasteiger partial charge in [-0.25, -0.2) is 14.8 Å². The fraction of sp³-hybridized carbons (Fsp3) is 0.231. The van der Waals surface area contributed by atoms with Gasteiger partial charge in [0.25, 0.3) is 17.4 Å². The second kappa shape index (κ2) is 13.0. The zero-order valence-electron chi connectivity index (χ0n) is 27.5. The number of carbonyl (C=O) groups is 3. The quantitative estimate of drug-likeness (QED) is 0.239. The van der Waals surface area contributed by atoms with Crippen molar-refractivity contribution in [1.29, 1.82) is 0 Å². The largest absolute Gasteiger partial charge is 0.464 e. The van der Waals surface area contributed by atoms with E-state index in [4.69, 9.17) is 14.7 Å². The van der Waals surface area contributed by atoms with Crippen LogP contribution in [-0.4, -0.2) is 52.2 Å². The summed E-state index contributed by atoms with van der Waals surface area (Å²) in [7, 11) is 0. The van der Waals surface area contributed by atoms with E-state index in [-0.39, 0.29) is 41.2 Å². The molecule has 0 bridgehead atoms. The van der Waals surface area contributed by atoms with Gasteiger partial charge in [-0.2, -0.15) is 0 Å². The van der Waals surface area contributed by atoms with Gasteiger partial charge in [0.1, 0.15) is 11.9 Å². The highest BCUT2D eigenvalue weighted by atomic mass is 16.5. The predicted octanol–water partition coefficient (Wildman–Crippen LogP) is 4.86. The number of benzene rings is 4. The van der Waals surface area contributed by atoms with Crippen molar-refractivity contribution in [3.63, 3.8) is 0 Å². The summed E-state index contributed by atoms with van der Waals surface area (Å²) in [4.78, 5) is 66.2. The molecule has 2 amide bonds. The van der Waals surface area contributed by atoms with Crippen LogP contribution >= 0.6 is 0 Å². The number of nitrogens with zero attached hydrogens (tertiary/aromatic N) is 4. The first kappa shape index (κ1) is 31.7. The minimum atomic E-state index is -1.19. The fourth-order valence-electron chi connectivity index (χ4n) is 6.76. The minimum Gasteiger partial charge on any atom is -0.464 e. The van der Waals surface area contributed by atoms with Crippen molar-refractivity contribution >= 4 is 40.1 Å². The third kappa shape index (κ3) is 5.90. The molecule has 2 atom stereocenters. The van der Waals surface area contributed by atoms with Crippen LogP contribution in [0.1, 0.15) is 57.1 Å². The monoisotopic (exact) mass is 653 g/mol. The van der Waals surface area contributed by atoms with Crippen LogP contribution in [0.4, 0.5) is 5.69 Å². The second-order valence-corrected chi connectivity index (χ2v) is 12.3. The number of amides is 2. The summed E-state index contributed by atoms with van der Waals surface area (Å²) in [5.74, 6) is -1.07. The number of rotatable bonds is 8. The summed E-state index contributed by atoms with van der Waals surface area (Å²) in [6.07, 6.45) is -0.226. The normalized spacial score (nSPS) is 15.7. The van der Waals surface area contributed by atoms with Gasteiger partial charge in [0.05, 0.1) is 28.9 Å². The van der Waals surface area contributed by atoms with E-state index in [1.54, 1.807) is 18.7 Å². The Balaban J connectivity index is 1.27. The van der Waals surface area contributed by atoms with Crippen LogP contribution < -0.4 is 15.8 Å². The molecule has 2 unspecified atom stereocenters. The maximum absolute atomic E-state index is 14.3. The number of aromatic nitrogens is 2. The number of esters is 1. The van der Waals surface area contributed by atoms with E-state index in [2.05, 4.69) is 11.4 Å². The molecule has 3 heterocycles. The third-order valence-electron chi connectivity index (χ3n) is 8.99. The van der Waals surface area contributed by atoms with Crippen molar-refractivity contribution < 1.29 is 19.1 Å². The van der Waals surface area contributed by atoms with Crippen molar-refractivity contribution in [1.82, 2.24) is 14.9 Å². The molecule has 49 heavy (non-hydrogen) atoms. The van der Waals surface area contributed by atoms with Gasteiger partial charge in [0.2, 0.25) is 6.17 Å². The lowest BCUT2D eigenvalue weighted by atomic mass is 9.96. The molecule has 0 fully saturated rings. The van der Waals surface area contributed by atoms with Crippen molar-refractivity contribution in [3.05, 3.63) is 141 Å². The van der Waals surface area contributed by atoms with Gasteiger partial charge in [-0.15, -0.1) is 0 Å². The van der Waals surface area contributed by atoms with Crippen molar-refractivity contribution in [2.45, 2.75) is 45.8 Å². The Labute approximate surface area is 283 Å². The predicted molar refractivity (Wildman–Crippen MR) is 187 cm³/mol. The summed E-state index contributed by atoms with van der Waals surface area (Å²) in [5.41, 5.74) is 6.25. The molecule has 7 rings (SSSR count). The summed E-state index contributed by atoms with van der Waals surface area (Å²) in [6, 6.07) is 26.8. The minimum absolute atomic E-state index is 0.177. The standard InChI is InChI=1S/C39H35N5O5/c1-4-49-39(48)32(21-25-11-7-5-8-12-25)41-36(45)28-15-16-29-31(22-28)40-24(3)44(37(29)46)35-38(47)43-18-17-27-19-23(2)20-30(34(27)43)33(42-35)26-13-9-6-10-14-26/h5-16,19-20,22,32,35H,4,17-18,21H2,1-3H3,(H,41,45). The maximum Gasteiger partial charge on any atom is 0.328 e. The smallest absolute Gasteiger partial charge is 0.328 e. The van der Waals surface area contributed by atoms with E-state index in [0.717, 1.165) is 33.5 Å². The fourth-order valence-corrected chi connectivity index (χ4v) is 6.76. The van der Waals surface area contributed by atoms with E-state index in [0.29, 0.717) is 18.7 Å². The molecule has 1 N–H and O–H groups in total. The van der Waals surface area contributed by atoms with E-state index < -0.39 is 29.6 Å². The Kier molecular flexibility index (Phi) is 8.38. The number of anilines is 1. The maximum atomic E-state index is 14.3. The van der Waals surface area contributed by atoms with Gasteiger partial charge in [0.15, 0.2) is 0 Å². The molecule has 0 spiro atoms. The molecule has 2 aliphatic heterocycles. The number of aryl methyl sites for hydroxylation is 2. The van der Waals surface area contributed by atoms with Gasteiger partial charge in [-0.05, 0) is 62.6 Å². The number of nitrogens with one attached hydrogen (secondary N) is 1. The lowest BCUT2D eigenvalue weighted by Crippen LogP contribution is -2.43. The van der Waals surface area contributed by atoms with Crippen LogP contribution in [0.2, 0.25) is 0 Å². The zero-order valence-corrected chi connectivity index (χ0v) is 27.5. The summed E-state index contributed by atoms with van der Waals surface area (Å²) in [5, 5.41) is 3.03. The Morgan fingerprint density at radius 2 is 1.69 bits per heavy atom. The Morgan fingerprint density at radius 3 is 2.43 bits per heavy atom. The highest BCUT2D eigenvalue weighted by Crippen LogP contribution is 2.39. The zero-order chi connectivity index (χ0) is 34.2. The summed E-state index contributed by atoms with van der Waals surface area (Å²) in [6.45, 7) is 6.07. The van der Waals surface area contributed by atoms with E-state index in [9.17, 15) is 19.2 Å². The van der Waals surface area contributed by atoms with Crippen LogP contribution in [-0.2, 0) is 27.2 Å². The molecule has 0 saturated heterocycles. The molecule has 2 aliphatic rings. The molecule has 10 nitrogen and oxygen atoms in total. The highest BCUT2D eigenvalue weighted by molar-refractivity contribution is 6.20. The highest BCUT2D eigenvalue weighted by Gasteiger charge is 2.38. The molecule has 246 valence electrons. The van der Waals surface area contributed by atoms with E-state index in [1.807, 2.05) is 73.7 Å². The number of carbonyl (C=O) groups excluding carboxylic acids is 3. The topological polar surface area (TPSA) is 123 Å². The van der Waals surface area contributed by atoms with E-state index in [1.165, 1.54) is 22.8 Å². The van der Waals surface area contributed by atoms with Crippen LogP contribution in [0.3, 0.4) is 0 Å². The SMILES string of the molecule is CCOC(=O)C(Cc1ccccc1)NC(=O)c1ccc2c(=O)n(C3N=C(c4ccccc4)c4cc(C)cc5c4N(CC5)C3=O)c(C)nc2c1. The first-order valence-corrected chi connectivity index (χ1v) is 16.4. The molecule has 0 radical (unpaired) electrons. The lowest BCUT2D eigenvalue weighted by molar-refractivity contribution is -0.145. The number of hydrogen-bond acceptors (Lipinski definition) is 7. The average Bonchev–Trinajstić information content (AvgIpc) is 3.48. The Bertz CT molecular complexity index is 2210. The van der Waals surface area contributed by atoms with Crippen molar-refractivity contribution in [2.75, 3.05) is 18.1 Å². The summed E-state index contributed by atoms with van der Waals surface area (Å²) >= 11 is 0. The van der Waals surface area contributed by atoms with Gasteiger partial charge >= 0.3 is 5.97 Å². The number of aliphatic imine (C=N–C) groups is 1. The first-order valence-electron chi connectivity index (χ1n) is 16.4. The van der Waals surface area contributed by atoms with Crippen LogP contribution in [0.25, 0.3) is 10.9 Å². The summed E-state index contributed by atoms with van der Waals surface area (Å²) < 4.78 is 6.58. The van der Waals surface area contributed by atoms with Crippen LogP contribution in [0, 0.1) is 13.8 Å². The number of ether oxygens (including phenoxy) is 1. The van der Waals surface area contributed by atoms with Gasteiger partial charge in [0, 0.05) is 29.7 Å². The second-order valence-electron chi connectivity index (χ2n) is 12.3. The van der Waals surface area contributed by atoms with Crippen LogP contribution in [0.15, 0.2) is 101 Å². The molecule has 4 aromatic carbocycles. The molecular weight excluding hydrogens is 618 g/mol. The molecule has 0 aliphatic carbocycles. The first-order chi connectivity index (χ1) is 23.7. The Hall–Kier alpha value is -5.90. The van der Waals surface area contributed by atoms with Gasteiger partial charge in [-0.3, -0.25) is 19.0 Å². The van der Waals surface area contributed by atoms with E-state index >= 15 is 0 Å². The van der Waals surface area contributed by atoms with Crippen molar-refractivity contribution in [2.24, 2.45) is 4.99 Å². The number of fused-ring (bicyclic) bond motifs is 1. The lowest BCUT2D eigenvalue weighted by Gasteiger charge is -2.23. The average molecular weight is 654 g/mol. The Morgan fingerprint density at radius 1 is 0.959 bits per heavy atom. The third-order valence-corrected chi connectivity index (χ3v) is 8.99. The molecular formula is C39H35N5O5. The van der Waals surface area contributed by atoms with Crippen molar-refractivity contribution in [3.8, 4) is 0 Å². The molecule has 1 aromatic heterocycles. The number of hydrogen-bond donors (Lipinski definition) is 1. The molecule has 0 saturated carbocycles. The van der Waals surface area contributed by atoms with Gasteiger partial charge in [-0.1, -0.05) is 72.3 Å².